The number of nitrogens with two attached hydrogens (primary N) is 1. The summed E-state index contributed by atoms with van der Waals surface area (Å²) in [4.78, 5) is 0. The van der Waals surface area contributed by atoms with Gasteiger partial charge in [-0.05, 0) is 57.0 Å². The van der Waals surface area contributed by atoms with Crippen LogP contribution in [0.5, 0.6) is 5.75 Å². The summed E-state index contributed by atoms with van der Waals surface area (Å²) in [6, 6.07) is 8.77. The lowest BCUT2D eigenvalue weighted by Crippen LogP contribution is -2.29. The van der Waals surface area contributed by atoms with E-state index in [9.17, 15) is 0 Å². The van der Waals surface area contributed by atoms with E-state index in [0.29, 0.717) is 6.04 Å². The minimum absolute atomic E-state index is 0.501. The van der Waals surface area contributed by atoms with Gasteiger partial charge in [-0.15, -0.1) is 0 Å². The van der Waals surface area contributed by atoms with Crippen LogP contribution in [0.15, 0.2) is 24.3 Å². The molecule has 0 saturated heterocycles. The molecule has 1 unspecified atom stereocenters. The molecular weight excluding hydrogens is 212 g/mol. The predicted molar refractivity (Wildman–Crippen MR) is 72.5 cm³/mol. The van der Waals surface area contributed by atoms with Gasteiger partial charge in [-0.25, -0.2) is 0 Å². The Hall–Kier alpha value is -1.06. The minimum Gasteiger partial charge on any atom is -0.497 e. The monoisotopic (exact) mass is 236 g/mol. The lowest BCUT2D eigenvalue weighted by molar-refractivity contribution is 0.414. The summed E-state index contributed by atoms with van der Waals surface area (Å²) >= 11 is 0. The first-order chi connectivity index (χ1) is 8.26. The van der Waals surface area contributed by atoms with Crippen molar-refractivity contribution in [3.8, 4) is 5.75 Å². The summed E-state index contributed by atoms with van der Waals surface area (Å²) in [5, 5.41) is 3.51. The number of nitrogens with one attached hydrogen (secondary N) is 1. The lowest BCUT2D eigenvalue weighted by Gasteiger charge is -2.13. The Morgan fingerprint density at radius 2 is 1.94 bits per heavy atom. The third kappa shape index (κ3) is 5.71. The second kappa shape index (κ2) is 8.09. The number of unbranched alkanes of at least 4 members (excludes halogenated alkanes) is 1. The van der Waals surface area contributed by atoms with E-state index >= 15 is 0 Å². The molecule has 1 aromatic carbocycles. The van der Waals surface area contributed by atoms with Crippen LogP contribution in [-0.2, 0) is 6.42 Å². The van der Waals surface area contributed by atoms with Gasteiger partial charge in [-0.2, -0.15) is 0 Å². The Morgan fingerprint density at radius 1 is 1.24 bits per heavy atom. The minimum atomic E-state index is 0.501. The van der Waals surface area contributed by atoms with Crippen LogP contribution in [0.4, 0.5) is 0 Å². The third-order valence-electron chi connectivity index (χ3n) is 2.82. The molecular formula is C14H24N2O. The molecule has 0 spiro atoms. The van der Waals surface area contributed by atoms with Crippen molar-refractivity contribution in [2.75, 3.05) is 20.2 Å². The first-order valence-electron chi connectivity index (χ1n) is 6.32. The molecule has 3 nitrogen and oxygen atoms in total. The molecule has 96 valence electrons. The van der Waals surface area contributed by atoms with Crippen LogP contribution in [-0.4, -0.2) is 26.2 Å². The van der Waals surface area contributed by atoms with Crippen molar-refractivity contribution in [3.05, 3.63) is 29.8 Å². The smallest absolute Gasteiger partial charge is 0.118 e. The van der Waals surface area contributed by atoms with Crippen LogP contribution in [0.25, 0.3) is 0 Å². The molecule has 1 aromatic rings. The molecule has 0 amide bonds. The fraction of sp³-hybridized carbons (Fsp3) is 0.571. The molecule has 1 rings (SSSR count). The van der Waals surface area contributed by atoms with Gasteiger partial charge in [0.05, 0.1) is 7.11 Å². The van der Waals surface area contributed by atoms with E-state index in [2.05, 4.69) is 24.4 Å². The maximum atomic E-state index is 5.46. The van der Waals surface area contributed by atoms with Crippen LogP contribution in [0.3, 0.4) is 0 Å². The highest BCUT2D eigenvalue weighted by Gasteiger charge is 2.02. The second-order valence-electron chi connectivity index (χ2n) is 4.40. The van der Waals surface area contributed by atoms with E-state index in [1.54, 1.807) is 7.11 Å². The van der Waals surface area contributed by atoms with Gasteiger partial charge < -0.3 is 15.8 Å². The molecule has 3 heteroatoms. The summed E-state index contributed by atoms with van der Waals surface area (Å²) in [6.07, 6.45) is 3.30. The molecule has 0 fully saturated rings. The van der Waals surface area contributed by atoms with E-state index < -0.39 is 0 Å². The highest BCUT2D eigenvalue weighted by atomic mass is 16.5. The Balaban J connectivity index is 2.26. The fourth-order valence-corrected chi connectivity index (χ4v) is 1.81. The van der Waals surface area contributed by atoms with Gasteiger partial charge in [0.2, 0.25) is 0 Å². The zero-order valence-corrected chi connectivity index (χ0v) is 10.9. The van der Waals surface area contributed by atoms with Crippen LogP contribution in [0.2, 0.25) is 0 Å². The van der Waals surface area contributed by atoms with Crippen molar-refractivity contribution in [1.82, 2.24) is 5.32 Å². The van der Waals surface area contributed by atoms with Crippen LogP contribution in [0.1, 0.15) is 25.3 Å². The Bertz CT molecular complexity index is 298. The summed E-state index contributed by atoms with van der Waals surface area (Å²) in [6.45, 7) is 4.05. The quantitative estimate of drug-likeness (QED) is 0.678. The van der Waals surface area contributed by atoms with Crippen molar-refractivity contribution in [2.45, 2.75) is 32.2 Å². The molecule has 0 radical (unpaired) electrons. The van der Waals surface area contributed by atoms with Gasteiger partial charge in [0.25, 0.3) is 0 Å². The van der Waals surface area contributed by atoms with Gasteiger partial charge in [-0.1, -0.05) is 12.1 Å². The first kappa shape index (κ1) is 14.0. The van der Waals surface area contributed by atoms with Crippen molar-refractivity contribution < 1.29 is 4.74 Å². The van der Waals surface area contributed by atoms with Crippen LogP contribution < -0.4 is 15.8 Å². The number of methoxy groups -OCH3 is 1. The summed E-state index contributed by atoms with van der Waals surface area (Å²) < 4.78 is 5.14. The Kier molecular flexibility index (Phi) is 6.67. The van der Waals surface area contributed by atoms with E-state index in [0.717, 1.165) is 38.1 Å². The molecule has 1 atom stereocenters. The average Bonchev–Trinajstić information content (AvgIpc) is 2.36. The topological polar surface area (TPSA) is 47.3 Å². The van der Waals surface area contributed by atoms with Crippen molar-refractivity contribution in [3.63, 3.8) is 0 Å². The summed E-state index contributed by atoms with van der Waals surface area (Å²) in [5.74, 6) is 0.914. The molecule has 0 saturated carbocycles. The van der Waals surface area contributed by atoms with Crippen molar-refractivity contribution >= 4 is 0 Å². The first-order valence-corrected chi connectivity index (χ1v) is 6.32. The molecule has 17 heavy (non-hydrogen) atoms. The molecule has 0 aliphatic rings. The lowest BCUT2D eigenvalue weighted by atomic mass is 10.1. The molecule has 0 bridgehead atoms. The van der Waals surface area contributed by atoms with Crippen LogP contribution >= 0.6 is 0 Å². The standard InChI is InChI=1S/C14H24N2O/c1-12(16-10-4-3-9-15)11-13-5-7-14(17-2)8-6-13/h5-8,12,16H,3-4,9-11,15H2,1-2H3. The normalized spacial score (nSPS) is 12.4. The number of ether oxygens (including phenoxy) is 1. The number of rotatable bonds is 8. The molecule has 0 heterocycles. The van der Waals surface area contributed by atoms with E-state index in [-0.39, 0.29) is 0 Å². The Morgan fingerprint density at radius 3 is 2.53 bits per heavy atom. The number of hydrogen-bond acceptors (Lipinski definition) is 3. The third-order valence-corrected chi connectivity index (χ3v) is 2.82. The van der Waals surface area contributed by atoms with E-state index in [1.165, 1.54) is 5.56 Å². The number of benzene rings is 1. The largest absolute Gasteiger partial charge is 0.497 e. The zero-order chi connectivity index (χ0) is 12.5. The van der Waals surface area contributed by atoms with Gasteiger partial charge >= 0.3 is 0 Å². The van der Waals surface area contributed by atoms with E-state index in [4.69, 9.17) is 10.5 Å². The molecule has 0 aliphatic heterocycles. The summed E-state index contributed by atoms with van der Waals surface area (Å²) in [7, 11) is 1.69. The fourth-order valence-electron chi connectivity index (χ4n) is 1.81. The van der Waals surface area contributed by atoms with Crippen molar-refractivity contribution in [2.24, 2.45) is 5.73 Å². The Labute approximate surface area is 104 Å². The highest BCUT2D eigenvalue weighted by Crippen LogP contribution is 2.12. The van der Waals surface area contributed by atoms with Gasteiger partial charge in [-0.3, -0.25) is 0 Å². The van der Waals surface area contributed by atoms with Gasteiger partial charge in [0.15, 0.2) is 0 Å². The SMILES string of the molecule is COc1ccc(CC(C)NCCCCN)cc1. The van der Waals surface area contributed by atoms with Crippen LogP contribution in [0, 0.1) is 0 Å². The molecule has 3 N–H and O–H groups in total. The average molecular weight is 236 g/mol. The maximum absolute atomic E-state index is 5.46. The van der Waals surface area contributed by atoms with E-state index in [1.807, 2.05) is 12.1 Å². The van der Waals surface area contributed by atoms with Gasteiger partial charge in [0.1, 0.15) is 5.75 Å². The summed E-state index contributed by atoms with van der Waals surface area (Å²) in [5.41, 5.74) is 6.79. The molecule has 0 aromatic heterocycles. The van der Waals surface area contributed by atoms with Gasteiger partial charge in [0, 0.05) is 6.04 Å². The zero-order valence-electron chi connectivity index (χ0n) is 10.9. The highest BCUT2D eigenvalue weighted by molar-refractivity contribution is 5.27. The maximum Gasteiger partial charge on any atom is 0.118 e. The van der Waals surface area contributed by atoms with Crippen molar-refractivity contribution in [1.29, 1.82) is 0 Å². The predicted octanol–water partition coefficient (Wildman–Crippen LogP) is 1.95. The molecule has 0 aliphatic carbocycles. The number of hydrogen-bond donors (Lipinski definition) is 2. The second-order valence-corrected chi connectivity index (χ2v) is 4.40.